The van der Waals surface area contributed by atoms with E-state index >= 15 is 0 Å². The van der Waals surface area contributed by atoms with E-state index in [0.717, 1.165) is 9.75 Å². The summed E-state index contributed by atoms with van der Waals surface area (Å²) in [5.74, 6) is 0. The predicted molar refractivity (Wildman–Crippen MR) is 41.0 cm³/mol. The van der Waals surface area contributed by atoms with E-state index in [0.29, 0.717) is 6.61 Å². The van der Waals surface area contributed by atoms with Crippen LogP contribution in [0.3, 0.4) is 0 Å². The Kier molecular flexibility index (Phi) is 2.86. The van der Waals surface area contributed by atoms with Crippen molar-refractivity contribution in [2.75, 3.05) is 7.11 Å². The smallest absolute Gasteiger partial charge is 0.0805 e. The zero-order valence-electron chi connectivity index (χ0n) is 5.83. The van der Waals surface area contributed by atoms with Gasteiger partial charge in [0, 0.05) is 16.9 Å². The average molecular weight is 158 g/mol. The van der Waals surface area contributed by atoms with Crippen LogP contribution in [-0.4, -0.2) is 12.2 Å². The predicted octanol–water partition coefficient (Wildman–Crippen LogP) is 1.39. The third-order valence-electron chi connectivity index (χ3n) is 1.16. The van der Waals surface area contributed by atoms with Crippen LogP contribution in [0.2, 0.25) is 0 Å². The highest BCUT2D eigenvalue weighted by Gasteiger charge is 1.96. The van der Waals surface area contributed by atoms with Crippen LogP contribution in [0.5, 0.6) is 0 Å². The topological polar surface area (TPSA) is 29.5 Å². The van der Waals surface area contributed by atoms with Crippen LogP contribution < -0.4 is 0 Å². The molecule has 1 aromatic rings. The van der Waals surface area contributed by atoms with Gasteiger partial charge in [0.2, 0.25) is 0 Å². The lowest BCUT2D eigenvalue weighted by Gasteiger charge is -1.90. The van der Waals surface area contributed by atoms with Gasteiger partial charge in [-0.3, -0.25) is 0 Å². The van der Waals surface area contributed by atoms with E-state index in [-0.39, 0.29) is 6.61 Å². The Balaban J connectivity index is 2.59. The molecule has 0 bridgehead atoms. The maximum Gasteiger partial charge on any atom is 0.0805 e. The molecule has 0 aromatic carbocycles. The molecule has 0 aliphatic heterocycles. The second kappa shape index (κ2) is 3.71. The largest absolute Gasteiger partial charge is 0.391 e. The van der Waals surface area contributed by atoms with E-state index < -0.39 is 0 Å². The maximum absolute atomic E-state index is 8.69. The molecule has 0 amide bonds. The third kappa shape index (κ3) is 1.80. The van der Waals surface area contributed by atoms with Gasteiger partial charge in [0.1, 0.15) is 0 Å². The Morgan fingerprint density at radius 2 is 2.20 bits per heavy atom. The van der Waals surface area contributed by atoms with Gasteiger partial charge < -0.3 is 9.84 Å². The summed E-state index contributed by atoms with van der Waals surface area (Å²) in [6.07, 6.45) is 0. The SMILES string of the molecule is COCc1ccc(CO)s1. The van der Waals surface area contributed by atoms with Crippen molar-refractivity contribution in [2.45, 2.75) is 13.2 Å². The van der Waals surface area contributed by atoms with Crippen LogP contribution >= 0.6 is 11.3 Å². The van der Waals surface area contributed by atoms with Gasteiger partial charge in [-0.25, -0.2) is 0 Å². The summed E-state index contributed by atoms with van der Waals surface area (Å²) in [4.78, 5) is 2.15. The summed E-state index contributed by atoms with van der Waals surface area (Å²) < 4.78 is 4.91. The Bertz CT molecular complexity index is 195. The van der Waals surface area contributed by atoms with Gasteiger partial charge in [-0.05, 0) is 12.1 Å². The minimum Gasteiger partial charge on any atom is -0.391 e. The van der Waals surface area contributed by atoms with E-state index in [2.05, 4.69) is 0 Å². The van der Waals surface area contributed by atoms with Crippen LogP contribution in [0.15, 0.2) is 12.1 Å². The minimum atomic E-state index is 0.133. The molecule has 0 radical (unpaired) electrons. The van der Waals surface area contributed by atoms with Crippen molar-refractivity contribution in [1.82, 2.24) is 0 Å². The standard InChI is InChI=1S/C7H10O2S/c1-9-5-7-3-2-6(4-8)10-7/h2-3,8H,4-5H2,1H3. The molecule has 0 fully saturated rings. The fourth-order valence-electron chi connectivity index (χ4n) is 0.727. The van der Waals surface area contributed by atoms with Crippen molar-refractivity contribution in [2.24, 2.45) is 0 Å². The van der Waals surface area contributed by atoms with Gasteiger partial charge in [-0.1, -0.05) is 0 Å². The van der Waals surface area contributed by atoms with Crippen molar-refractivity contribution < 1.29 is 9.84 Å². The molecule has 0 saturated carbocycles. The van der Waals surface area contributed by atoms with Gasteiger partial charge in [0.25, 0.3) is 0 Å². The summed E-state index contributed by atoms with van der Waals surface area (Å²) in [5.41, 5.74) is 0. The molecule has 2 nitrogen and oxygen atoms in total. The molecule has 1 N–H and O–H groups in total. The molecule has 1 aromatic heterocycles. The van der Waals surface area contributed by atoms with Crippen LogP contribution in [0, 0.1) is 0 Å². The van der Waals surface area contributed by atoms with Gasteiger partial charge in [0.15, 0.2) is 0 Å². The molecular weight excluding hydrogens is 148 g/mol. The first-order chi connectivity index (χ1) is 4.86. The molecule has 0 unspecified atom stereocenters. The van der Waals surface area contributed by atoms with E-state index in [9.17, 15) is 0 Å². The van der Waals surface area contributed by atoms with Crippen molar-refractivity contribution in [3.8, 4) is 0 Å². The second-order valence-corrected chi connectivity index (χ2v) is 3.21. The van der Waals surface area contributed by atoms with Crippen LogP contribution in [0.4, 0.5) is 0 Å². The number of hydrogen-bond donors (Lipinski definition) is 1. The van der Waals surface area contributed by atoms with E-state index in [1.807, 2.05) is 12.1 Å². The first-order valence-electron chi connectivity index (χ1n) is 3.04. The molecule has 1 rings (SSSR count). The Labute approximate surface area is 64.1 Å². The van der Waals surface area contributed by atoms with Crippen molar-refractivity contribution >= 4 is 11.3 Å². The number of methoxy groups -OCH3 is 1. The van der Waals surface area contributed by atoms with Gasteiger partial charge in [-0.15, -0.1) is 11.3 Å². The zero-order chi connectivity index (χ0) is 7.40. The normalized spacial score (nSPS) is 10.2. The van der Waals surface area contributed by atoms with Crippen LogP contribution in [0.1, 0.15) is 9.75 Å². The zero-order valence-corrected chi connectivity index (χ0v) is 6.65. The minimum absolute atomic E-state index is 0.133. The monoisotopic (exact) mass is 158 g/mol. The highest BCUT2D eigenvalue weighted by atomic mass is 32.1. The number of rotatable bonds is 3. The number of ether oxygens (including phenoxy) is 1. The molecule has 0 aliphatic carbocycles. The first kappa shape index (κ1) is 7.72. The fraction of sp³-hybridized carbons (Fsp3) is 0.429. The molecule has 10 heavy (non-hydrogen) atoms. The van der Waals surface area contributed by atoms with Crippen molar-refractivity contribution in [3.63, 3.8) is 0 Å². The summed E-state index contributed by atoms with van der Waals surface area (Å²) >= 11 is 1.58. The van der Waals surface area contributed by atoms with Crippen LogP contribution in [-0.2, 0) is 18.0 Å². The molecule has 0 aliphatic rings. The quantitative estimate of drug-likeness (QED) is 0.720. The second-order valence-electron chi connectivity index (χ2n) is 1.96. The molecule has 56 valence electrons. The number of hydrogen-bond acceptors (Lipinski definition) is 3. The molecular formula is C7H10O2S. The van der Waals surface area contributed by atoms with Crippen molar-refractivity contribution in [3.05, 3.63) is 21.9 Å². The Morgan fingerprint density at radius 3 is 2.70 bits per heavy atom. The molecule has 0 atom stereocenters. The van der Waals surface area contributed by atoms with E-state index in [1.54, 1.807) is 18.4 Å². The molecule has 0 spiro atoms. The van der Waals surface area contributed by atoms with Crippen molar-refractivity contribution in [1.29, 1.82) is 0 Å². The number of aliphatic hydroxyl groups excluding tert-OH is 1. The molecule has 0 saturated heterocycles. The number of aliphatic hydroxyl groups is 1. The highest BCUT2D eigenvalue weighted by Crippen LogP contribution is 2.16. The fourth-order valence-corrected chi connectivity index (χ4v) is 1.58. The Morgan fingerprint density at radius 1 is 1.50 bits per heavy atom. The third-order valence-corrected chi connectivity index (χ3v) is 2.20. The van der Waals surface area contributed by atoms with Gasteiger partial charge in [-0.2, -0.15) is 0 Å². The summed E-state index contributed by atoms with van der Waals surface area (Å²) in [6.45, 7) is 0.777. The lowest BCUT2D eigenvalue weighted by atomic mass is 10.4. The summed E-state index contributed by atoms with van der Waals surface area (Å²) in [7, 11) is 1.67. The summed E-state index contributed by atoms with van der Waals surface area (Å²) in [5, 5.41) is 8.69. The first-order valence-corrected chi connectivity index (χ1v) is 3.86. The lowest BCUT2D eigenvalue weighted by Crippen LogP contribution is -1.79. The van der Waals surface area contributed by atoms with E-state index in [1.165, 1.54) is 0 Å². The molecule has 3 heteroatoms. The van der Waals surface area contributed by atoms with Gasteiger partial charge in [0.05, 0.1) is 13.2 Å². The maximum atomic E-state index is 8.69. The summed E-state index contributed by atoms with van der Waals surface area (Å²) in [6, 6.07) is 3.89. The molecule has 1 heterocycles. The number of thiophene rings is 1. The average Bonchev–Trinajstić information content (AvgIpc) is 2.37. The highest BCUT2D eigenvalue weighted by molar-refractivity contribution is 7.11. The lowest BCUT2D eigenvalue weighted by molar-refractivity contribution is 0.187. The van der Waals surface area contributed by atoms with Gasteiger partial charge >= 0.3 is 0 Å². The van der Waals surface area contributed by atoms with Crippen LogP contribution in [0.25, 0.3) is 0 Å². The van der Waals surface area contributed by atoms with E-state index in [4.69, 9.17) is 9.84 Å². The Hall–Kier alpha value is -0.380.